The molecule has 0 aliphatic carbocycles. The monoisotopic (exact) mass is 235 g/mol. The molecule has 0 spiro atoms. The number of nitrogens with zero attached hydrogens (tertiary/aromatic N) is 1. The molecule has 0 saturated heterocycles. The number of carbonyl (C=O) groups is 1. The second-order valence-corrected chi connectivity index (χ2v) is 4.43. The molecule has 1 N–H and O–H groups in total. The zero-order chi connectivity index (χ0) is 12.9. The van der Waals surface area contributed by atoms with E-state index in [-0.39, 0.29) is 5.78 Å². The molecule has 94 valence electrons. The van der Waals surface area contributed by atoms with E-state index in [1.165, 1.54) is 0 Å². The second kappa shape index (κ2) is 5.94. The fraction of sp³-hybridized carbons (Fsp3) is 0.500. The molecule has 3 heteroatoms. The van der Waals surface area contributed by atoms with Crippen LogP contribution in [0.25, 0.3) is 0 Å². The number of carbonyl (C=O) groups excluding carboxylic acids is 1. The molecule has 0 saturated carbocycles. The van der Waals surface area contributed by atoms with Crippen molar-refractivity contribution in [2.75, 3.05) is 19.6 Å². The molecule has 1 unspecified atom stereocenters. The SMILES string of the molecule is CCN(CC)CC(C)(O)C(=O)c1ccccc1. The number of Topliss-reactive ketones (excluding diaryl/α,β-unsaturated/α-hetero) is 1. The summed E-state index contributed by atoms with van der Waals surface area (Å²) in [6.07, 6.45) is 0. The van der Waals surface area contributed by atoms with Gasteiger partial charge in [0.25, 0.3) is 0 Å². The molecule has 0 radical (unpaired) electrons. The molecular weight excluding hydrogens is 214 g/mol. The normalized spacial score (nSPS) is 14.6. The third kappa shape index (κ3) is 3.65. The Hall–Kier alpha value is -1.19. The van der Waals surface area contributed by atoms with E-state index in [9.17, 15) is 9.90 Å². The van der Waals surface area contributed by atoms with Gasteiger partial charge in [-0.15, -0.1) is 0 Å². The summed E-state index contributed by atoms with van der Waals surface area (Å²) in [7, 11) is 0. The lowest BCUT2D eigenvalue weighted by Gasteiger charge is -2.29. The number of hydrogen-bond donors (Lipinski definition) is 1. The Kier molecular flexibility index (Phi) is 4.85. The summed E-state index contributed by atoms with van der Waals surface area (Å²) in [5.41, 5.74) is -0.766. The summed E-state index contributed by atoms with van der Waals surface area (Å²) in [5.74, 6) is -0.218. The predicted octanol–water partition coefficient (Wildman–Crippen LogP) is 1.96. The Bertz CT molecular complexity index is 356. The van der Waals surface area contributed by atoms with E-state index in [1.807, 2.05) is 24.8 Å². The molecule has 17 heavy (non-hydrogen) atoms. The summed E-state index contributed by atoms with van der Waals surface area (Å²) in [6.45, 7) is 7.65. The molecule has 1 aromatic carbocycles. The van der Waals surface area contributed by atoms with Crippen molar-refractivity contribution < 1.29 is 9.90 Å². The molecule has 0 fully saturated rings. The summed E-state index contributed by atoms with van der Waals surface area (Å²) < 4.78 is 0. The molecule has 0 aliphatic rings. The van der Waals surface area contributed by atoms with Gasteiger partial charge >= 0.3 is 0 Å². The zero-order valence-corrected chi connectivity index (χ0v) is 10.8. The fourth-order valence-corrected chi connectivity index (χ4v) is 1.85. The van der Waals surface area contributed by atoms with Crippen LogP contribution in [0.4, 0.5) is 0 Å². The number of aliphatic hydroxyl groups is 1. The Morgan fingerprint density at radius 3 is 2.24 bits per heavy atom. The van der Waals surface area contributed by atoms with Crippen LogP contribution in [0, 0.1) is 0 Å². The lowest BCUT2D eigenvalue weighted by molar-refractivity contribution is 0.0225. The van der Waals surface area contributed by atoms with Crippen molar-refractivity contribution in [2.45, 2.75) is 26.4 Å². The first kappa shape index (κ1) is 13.9. The van der Waals surface area contributed by atoms with Gasteiger partial charge in [-0.3, -0.25) is 4.79 Å². The molecule has 1 aromatic rings. The van der Waals surface area contributed by atoms with E-state index in [1.54, 1.807) is 31.2 Å². The molecule has 1 rings (SSSR count). The number of benzene rings is 1. The second-order valence-electron chi connectivity index (χ2n) is 4.43. The van der Waals surface area contributed by atoms with Crippen molar-refractivity contribution in [3.05, 3.63) is 35.9 Å². The largest absolute Gasteiger partial charge is 0.381 e. The highest BCUT2D eigenvalue weighted by Gasteiger charge is 2.32. The highest BCUT2D eigenvalue weighted by atomic mass is 16.3. The van der Waals surface area contributed by atoms with Crippen molar-refractivity contribution in [1.82, 2.24) is 4.90 Å². The summed E-state index contributed by atoms with van der Waals surface area (Å²) in [4.78, 5) is 14.2. The van der Waals surface area contributed by atoms with E-state index >= 15 is 0 Å². The third-order valence-corrected chi connectivity index (χ3v) is 2.95. The van der Waals surface area contributed by atoms with E-state index < -0.39 is 5.60 Å². The molecular formula is C14H21NO2. The van der Waals surface area contributed by atoms with Crippen molar-refractivity contribution in [3.63, 3.8) is 0 Å². The van der Waals surface area contributed by atoms with E-state index in [4.69, 9.17) is 0 Å². The quantitative estimate of drug-likeness (QED) is 0.766. The van der Waals surface area contributed by atoms with Gasteiger partial charge in [-0.1, -0.05) is 44.2 Å². The average molecular weight is 235 g/mol. The lowest BCUT2D eigenvalue weighted by Crippen LogP contribution is -2.46. The van der Waals surface area contributed by atoms with Crippen LogP contribution in [0.2, 0.25) is 0 Å². The van der Waals surface area contributed by atoms with E-state index in [0.717, 1.165) is 13.1 Å². The predicted molar refractivity (Wildman–Crippen MR) is 69.2 cm³/mol. The van der Waals surface area contributed by atoms with Crippen molar-refractivity contribution in [3.8, 4) is 0 Å². The van der Waals surface area contributed by atoms with Crippen LogP contribution in [0.15, 0.2) is 30.3 Å². The summed E-state index contributed by atoms with van der Waals surface area (Å²) in [5, 5.41) is 10.3. The minimum absolute atomic E-state index is 0.218. The summed E-state index contributed by atoms with van der Waals surface area (Å²) >= 11 is 0. The Balaban J connectivity index is 2.80. The molecule has 3 nitrogen and oxygen atoms in total. The van der Waals surface area contributed by atoms with Crippen LogP contribution in [0.5, 0.6) is 0 Å². The first-order valence-corrected chi connectivity index (χ1v) is 6.05. The van der Waals surface area contributed by atoms with Gasteiger partial charge in [0.1, 0.15) is 5.60 Å². The maximum Gasteiger partial charge on any atom is 0.195 e. The first-order chi connectivity index (χ1) is 8.01. The lowest BCUT2D eigenvalue weighted by atomic mass is 9.94. The standard InChI is InChI=1S/C14H21NO2/c1-4-15(5-2)11-14(3,17)13(16)12-9-7-6-8-10-12/h6-10,17H,4-5,11H2,1-3H3. The van der Waals surface area contributed by atoms with Gasteiger partial charge < -0.3 is 10.0 Å². The Morgan fingerprint density at radius 2 is 1.76 bits per heavy atom. The first-order valence-electron chi connectivity index (χ1n) is 6.05. The smallest absolute Gasteiger partial charge is 0.195 e. The van der Waals surface area contributed by atoms with Gasteiger partial charge in [0, 0.05) is 12.1 Å². The van der Waals surface area contributed by atoms with Crippen molar-refractivity contribution in [2.24, 2.45) is 0 Å². The molecule has 0 aliphatic heterocycles. The van der Waals surface area contributed by atoms with Crippen molar-refractivity contribution >= 4 is 5.78 Å². The Labute approximate surface area is 103 Å². The van der Waals surface area contributed by atoms with E-state index in [0.29, 0.717) is 12.1 Å². The minimum atomic E-state index is -1.33. The fourth-order valence-electron chi connectivity index (χ4n) is 1.85. The van der Waals surface area contributed by atoms with Gasteiger partial charge in [0.05, 0.1) is 0 Å². The molecule has 0 amide bonds. The topological polar surface area (TPSA) is 40.5 Å². The van der Waals surface area contributed by atoms with Crippen LogP contribution in [0.3, 0.4) is 0 Å². The van der Waals surface area contributed by atoms with Gasteiger partial charge in [-0.05, 0) is 20.0 Å². The van der Waals surface area contributed by atoms with Gasteiger partial charge in [-0.2, -0.15) is 0 Å². The maximum absolute atomic E-state index is 12.2. The minimum Gasteiger partial charge on any atom is -0.381 e. The van der Waals surface area contributed by atoms with Crippen LogP contribution >= 0.6 is 0 Å². The summed E-state index contributed by atoms with van der Waals surface area (Å²) in [6, 6.07) is 8.94. The van der Waals surface area contributed by atoms with Crippen LogP contribution in [0.1, 0.15) is 31.1 Å². The zero-order valence-electron chi connectivity index (χ0n) is 10.8. The number of rotatable bonds is 6. The van der Waals surface area contributed by atoms with Gasteiger partial charge in [0.2, 0.25) is 0 Å². The third-order valence-electron chi connectivity index (χ3n) is 2.95. The van der Waals surface area contributed by atoms with Crippen molar-refractivity contribution in [1.29, 1.82) is 0 Å². The number of likely N-dealkylation sites (N-methyl/N-ethyl adjacent to an activating group) is 1. The Morgan fingerprint density at radius 1 is 1.24 bits per heavy atom. The highest BCUT2D eigenvalue weighted by Crippen LogP contribution is 2.14. The van der Waals surface area contributed by atoms with E-state index in [2.05, 4.69) is 0 Å². The molecule has 1 atom stereocenters. The van der Waals surface area contributed by atoms with Gasteiger partial charge in [-0.25, -0.2) is 0 Å². The maximum atomic E-state index is 12.2. The van der Waals surface area contributed by atoms with Crippen LogP contribution < -0.4 is 0 Å². The molecule has 0 aromatic heterocycles. The average Bonchev–Trinajstić information content (AvgIpc) is 2.36. The van der Waals surface area contributed by atoms with Crippen LogP contribution in [-0.2, 0) is 0 Å². The van der Waals surface area contributed by atoms with Crippen LogP contribution in [-0.4, -0.2) is 41.0 Å². The molecule has 0 bridgehead atoms. The molecule has 0 heterocycles. The highest BCUT2D eigenvalue weighted by molar-refractivity contribution is 6.02. The number of ketones is 1. The number of hydrogen-bond acceptors (Lipinski definition) is 3. The van der Waals surface area contributed by atoms with Gasteiger partial charge in [0.15, 0.2) is 5.78 Å².